The molecule has 0 bridgehead atoms. The maximum atomic E-state index is 13.3. The van der Waals surface area contributed by atoms with Crippen molar-refractivity contribution in [1.29, 1.82) is 0 Å². The molecule has 0 fully saturated rings. The zero-order valence-electron chi connectivity index (χ0n) is 9.79. The van der Waals surface area contributed by atoms with Crippen LogP contribution in [0.25, 0.3) is 0 Å². The molecule has 1 aromatic carbocycles. The Morgan fingerprint density at radius 2 is 2.06 bits per heavy atom. The molecule has 1 heterocycles. The molecule has 0 aliphatic rings. The highest BCUT2D eigenvalue weighted by atomic mass is 19.1. The SMILES string of the molecule is Cc1cc(Nc2cccc(F)c2C)ncc1N. The molecule has 0 saturated carbocycles. The molecular weight excluding hydrogens is 217 g/mol. The molecule has 0 aliphatic carbocycles. The fourth-order valence-corrected chi connectivity index (χ4v) is 1.52. The lowest BCUT2D eigenvalue weighted by molar-refractivity contribution is 0.619. The summed E-state index contributed by atoms with van der Waals surface area (Å²) in [4.78, 5) is 4.15. The molecule has 0 unspecified atom stereocenters. The van der Waals surface area contributed by atoms with Gasteiger partial charge in [0.2, 0.25) is 0 Å². The van der Waals surface area contributed by atoms with Crippen molar-refractivity contribution in [3.8, 4) is 0 Å². The number of nitrogens with two attached hydrogens (primary N) is 1. The summed E-state index contributed by atoms with van der Waals surface area (Å²) in [7, 11) is 0. The van der Waals surface area contributed by atoms with Gasteiger partial charge in [0.15, 0.2) is 0 Å². The standard InChI is InChI=1S/C13H14FN3/c1-8-6-13(16-7-11(8)15)17-12-5-3-4-10(14)9(12)2/h3-7H,15H2,1-2H3,(H,16,17). The molecule has 17 heavy (non-hydrogen) atoms. The normalized spacial score (nSPS) is 10.3. The van der Waals surface area contributed by atoms with E-state index in [0.717, 1.165) is 5.56 Å². The van der Waals surface area contributed by atoms with E-state index in [-0.39, 0.29) is 5.82 Å². The maximum absolute atomic E-state index is 13.3. The fraction of sp³-hybridized carbons (Fsp3) is 0.154. The average Bonchev–Trinajstić information content (AvgIpc) is 2.30. The highest BCUT2D eigenvalue weighted by Crippen LogP contribution is 2.22. The van der Waals surface area contributed by atoms with Gasteiger partial charge in [-0.3, -0.25) is 0 Å². The lowest BCUT2D eigenvalue weighted by atomic mass is 10.2. The Hall–Kier alpha value is -2.10. The van der Waals surface area contributed by atoms with Crippen LogP contribution in [0.4, 0.5) is 21.6 Å². The molecule has 0 aliphatic heterocycles. The first-order valence-electron chi connectivity index (χ1n) is 5.32. The number of anilines is 3. The van der Waals surface area contributed by atoms with Crippen molar-refractivity contribution in [3.63, 3.8) is 0 Å². The second-order valence-corrected chi connectivity index (χ2v) is 3.96. The average molecular weight is 231 g/mol. The van der Waals surface area contributed by atoms with Crippen LogP contribution in [0, 0.1) is 19.7 Å². The summed E-state index contributed by atoms with van der Waals surface area (Å²) >= 11 is 0. The Labute approximate surface area is 99.5 Å². The minimum Gasteiger partial charge on any atom is -0.397 e. The Morgan fingerprint density at radius 3 is 2.76 bits per heavy atom. The van der Waals surface area contributed by atoms with Gasteiger partial charge in [-0.1, -0.05) is 6.07 Å². The zero-order chi connectivity index (χ0) is 12.4. The van der Waals surface area contributed by atoms with Crippen LogP contribution in [-0.4, -0.2) is 4.98 Å². The van der Waals surface area contributed by atoms with Crippen LogP contribution in [0.15, 0.2) is 30.5 Å². The van der Waals surface area contributed by atoms with Gasteiger partial charge in [0.05, 0.1) is 11.9 Å². The summed E-state index contributed by atoms with van der Waals surface area (Å²) in [6.07, 6.45) is 1.59. The predicted octanol–water partition coefficient (Wildman–Crippen LogP) is 3.16. The quantitative estimate of drug-likeness (QED) is 0.834. The topological polar surface area (TPSA) is 50.9 Å². The first-order valence-corrected chi connectivity index (χ1v) is 5.32. The van der Waals surface area contributed by atoms with Crippen LogP contribution in [0.5, 0.6) is 0 Å². The third kappa shape index (κ3) is 2.36. The zero-order valence-corrected chi connectivity index (χ0v) is 9.79. The number of rotatable bonds is 2. The van der Waals surface area contributed by atoms with Crippen LogP contribution in [-0.2, 0) is 0 Å². The molecule has 0 spiro atoms. The number of nitrogens with one attached hydrogen (secondary N) is 1. The smallest absolute Gasteiger partial charge is 0.130 e. The van der Waals surface area contributed by atoms with Gasteiger partial charge < -0.3 is 11.1 Å². The summed E-state index contributed by atoms with van der Waals surface area (Å²) < 4.78 is 13.3. The van der Waals surface area contributed by atoms with Gasteiger partial charge in [-0.05, 0) is 37.6 Å². The van der Waals surface area contributed by atoms with E-state index < -0.39 is 0 Å². The van der Waals surface area contributed by atoms with E-state index in [2.05, 4.69) is 10.3 Å². The number of hydrogen-bond donors (Lipinski definition) is 2. The first kappa shape index (κ1) is 11.4. The largest absolute Gasteiger partial charge is 0.397 e. The minimum atomic E-state index is -0.234. The van der Waals surface area contributed by atoms with Gasteiger partial charge in [0.25, 0.3) is 0 Å². The predicted molar refractivity (Wildman–Crippen MR) is 67.8 cm³/mol. The maximum Gasteiger partial charge on any atom is 0.130 e. The summed E-state index contributed by atoms with van der Waals surface area (Å²) in [6, 6.07) is 6.74. The summed E-state index contributed by atoms with van der Waals surface area (Å²) in [5.41, 5.74) is 8.55. The second-order valence-electron chi connectivity index (χ2n) is 3.96. The molecule has 3 nitrogen and oxygen atoms in total. The van der Waals surface area contributed by atoms with Gasteiger partial charge in [-0.2, -0.15) is 0 Å². The van der Waals surface area contributed by atoms with E-state index in [4.69, 9.17) is 5.73 Å². The summed E-state index contributed by atoms with van der Waals surface area (Å²) in [5, 5.41) is 3.07. The van der Waals surface area contributed by atoms with Gasteiger partial charge >= 0.3 is 0 Å². The third-order valence-corrected chi connectivity index (χ3v) is 2.68. The van der Waals surface area contributed by atoms with Crippen LogP contribution in [0.3, 0.4) is 0 Å². The molecule has 2 rings (SSSR count). The molecule has 0 amide bonds. The number of hydrogen-bond acceptors (Lipinski definition) is 3. The molecule has 88 valence electrons. The highest BCUT2D eigenvalue weighted by Gasteiger charge is 2.04. The van der Waals surface area contributed by atoms with Gasteiger partial charge in [-0.25, -0.2) is 9.37 Å². The number of pyridine rings is 1. The van der Waals surface area contributed by atoms with E-state index in [1.807, 2.05) is 19.1 Å². The molecule has 0 atom stereocenters. The number of benzene rings is 1. The molecule has 1 aromatic heterocycles. The van der Waals surface area contributed by atoms with Gasteiger partial charge in [0, 0.05) is 11.3 Å². The lowest BCUT2D eigenvalue weighted by Crippen LogP contribution is -1.99. The van der Waals surface area contributed by atoms with Crippen LogP contribution in [0.1, 0.15) is 11.1 Å². The van der Waals surface area contributed by atoms with Crippen molar-refractivity contribution < 1.29 is 4.39 Å². The summed E-state index contributed by atoms with van der Waals surface area (Å²) in [5.74, 6) is 0.424. The van der Waals surface area contributed by atoms with Crippen molar-refractivity contribution in [3.05, 3.63) is 47.4 Å². The number of halogens is 1. The molecule has 2 aromatic rings. The van der Waals surface area contributed by atoms with Crippen LogP contribution < -0.4 is 11.1 Å². The van der Waals surface area contributed by atoms with Gasteiger partial charge in [0.1, 0.15) is 11.6 Å². The second kappa shape index (κ2) is 4.41. The van der Waals surface area contributed by atoms with Crippen LogP contribution in [0.2, 0.25) is 0 Å². The Balaban J connectivity index is 2.31. The summed E-state index contributed by atoms with van der Waals surface area (Å²) in [6.45, 7) is 3.63. The van der Waals surface area contributed by atoms with E-state index >= 15 is 0 Å². The fourth-order valence-electron chi connectivity index (χ4n) is 1.52. The molecule has 4 heteroatoms. The lowest BCUT2D eigenvalue weighted by Gasteiger charge is -2.10. The molecule has 3 N–H and O–H groups in total. The Kier molecular flexibility index (Phi) is 2.95. The minimum absolute atomic E-state index is 0.234. The molecular formula is C13H14FN3. The number of aryl methyl sites for hydroxylation is 1. The number of nitrogens with zero attached hydrogens (tertiary/aromatic N) is 1. The number of aromatic nitrogens is 1. The van der Waals surface area contributed by atoms with Crippen molar-refractivity contribution in [2.24, 2.45) is 0 Å². The first-order chi connectivity index (χ1) is 8.08. The molecule has 0 radical (unpaired) electrons. The van der Waals surface area contributed by atoms with Crippen molar-refractivity contribution in [2.75, 3.05) is 11.1 Å². The Bertz CT molecular complexity index is 552. The van der Waals surface area contributed by atoms with Crippen LogP contribution >= 0.6 is 0 Å². The van der Waals surface area contributed by atoms with E-state index in [1.54, 1.807) is 19.2 Å². The molecule has 0 saturated heterocycles. The third-order valence-electron chi connectivity index (χ3n) is 2.68. The number of nitrogen functional groups attached to an aromatic ring is 1. The van der Waals surface area contributed by atoms with Crippen molar-refractivity contribution >= 4 is 17.2 Å². The van der Waals surface area contributed by atoms with E-state index in [1.165, 1.54) is 6.07 Å². The van der Waals surface area contributed by atoms with E-state index in [9.17, 15) is 4.39 Å². The monoisotopic (exact) mass is 231 g/mol. The highest BCUT2D eigenvalue weighted by molar-refractivity contribution is 5.62. The van der Waals surface area contributed by atoms with Gasteiger partial charge in [-0.15, -0.1) is 0 Å². The van der Waals surface area contributed by atoms with Crippen molar-refractivity contribution in [2.45, 2.75) is 13.8 Å². The van der Waals surface area contributed by atoms with E-state index in [0.29, 0.717) is 22.8 Å². The van der Waals surface area contributed by atoms with Crippen molar-refractivity contribution in [1.82, 2.24) is 4.98 Å². The Morgan fingerprint density at radius 1 is 1.29 bits per heavy atom.